The minimum Gasteiger partial charge on any atom is -0.313 e. The lowest BCUT2D eigenvalue weighted by atomic mass is 9.77. The molecule has 1 N–H and O–H groups in total. The van der Waals surface area contributed by atoms with Gasteiger partial charge in [0.15, 0.2) is 0 Å². The standard InChI is InChI=1S/C13H24F3N/c1-3-7-17-12(9-13(14,15)16)11-6-4-5-10(2)8-11/h10-12,17H,3-9H2,1-2H3. The first-order valence-corrected chi connectivity index (χ1v) is 6.72. The van der Waals surface area contributed by atoms with Crippen molar-refractivity contribution in [3.63, 3.8) is 0 Å². The normalized spacial score (nSPS) is 28.1. The fraction of sp³-hybridized carbons (Fsp3) is 1.00. The Morgan fingerprint density at radius 1 is 1.29 bits per heavy atom. The topological polar surface area (TPSA) is 12.0 Å². The van der Waals surface area contributed by atoms with E-state index in [1.807, 2.05) is 6.92 Å². The number of alkyl halides is 3. The molecule has 0 aromatic rings. The Morgan fingerprint density at radius 3 is 2.53 bits per heavy atom. The van der Waals surface area contributed by atoms with Gasteiger partial charge < -0.3 is 5.32 Å². The van der Waals surface area contributed by atoms with Gasteiger partial charge in [-0.2, -0.15) is 13.2 Å². The van der Waals surface area contributed by atoms with Gasteiger partial charge in [0.1, 0.15) is 0 Å². The molecule has 102 valence electrons. The molecular weight excluding hydrogens is 227 g/mol. The van der Waals surface area contributed by atoms with Crippen molar-refractivity contribution in [3.8, 4) is 0 Å². The summed E-state index contributed by atoms with van der Waals surface area (Å²) in [5.74, 6) is 0.778. The highest BCUT2D eigenvalue weighted by atomic mass is 19.4. The second-order valence-corrected chi connectivity index (χ2v) is 5.41. The molecule has 0 saturated heterocycles. The first kappa shape index (κ1) is 14.8. The van der Waals surface area contributed by atoms with E-state index in [9.17, 15) is 13.2 Å². The lowest BCUT2D eigenvalue weighted by molar-refractivity contribution is -0.144. The Balaban J connectivity index is 2.54. The third-order valence-electron chi connectivity index (χ3n) is 3.65. The van der Waals surface area contributed by atoms with Gasteiger partial charge in [-0.05, 0) is 37.6 Å². The molecule has 0 aromatic heterocycles. The quantitative estimate of drug-likeness (QED) is 0.774. The number of halogens is 3. The second kappa shape index (κ2) is 6.62. The van der Waals surface area contributed by atoms with E-state index in [1.165, 1.54) is 6.42 Å². The molecule has 0 spiro atoms. The fourth-order valence-electron chi connectivity index (χ4n) is 2.83. The van der Waals surface area contributed by atoms with Crippen molar-refractivity contribution in [1.29, 1.82) is 0 Å². The van der Waals surface area contributed by atoms with Crippen molar-refractivity contribution < 1.29 is 13.2 Å². The molecule has 0 amide bonds. The van der Waals surface area contributed by atoms with E-state index in [0.29, 0.717) is 12.5 Å². The summed E-state index contributed by atoms with van der Waals surface area (Å²) in [5.41, 5.74) is 0. The zero-order chi connectivity index (χ0) is 12.9. The molecule has 0 aromatic carbocycles. The highest BCUT2D eigenvalue weighted by molar-refractivity contribution is 4.83. The molecule has 0 radical (unpaired) electrons. The summed E-state index contributed by atoms with van der Waals surface area (Å²) in [4.78, 5) is 0. The molecular formula is C13H24F3N. The first-order valence-electron chi connectivity index (χ1n) is 6.72. The SMILES string of the molecule is CCCNC(CC(F)(F)F)C1CCCC(C)C1. The molecule has 1 aliphatic carbocycles. The molecule has 0 bridgehead atoms. The molecule has 1 saturated carbocycles. The average Bonchev–Trinajstić information content (AvgIpc) is 2.22. The zero-order valence-corrected chi connectivity index (χ0v) is 10.8. The van der Waals surface area contributed by atoms with Gasteiger partial charge in [-0.15, -0.1) is 0 Å². The third kappa shape index (κ3) is 5.75. The van der Waals surface area contributed by atoms with Crippen molar-refractivity contribution in [2.24, 2.45) is 11.8 Å². The van der Waals surface area contributed by atoms with Gasteiger partial charge >= 0.3 is 6.18 Å². The average molecular weight is 251 g/mol. The van der Waals surface area contributed by atoms with Crippen LogP contribution in [-0.2, 0) is 0 Å². The molecule has 1 fully saturated rings. The van der Waals surface area contributed by atoms with Crippen molar-refractivity contribution >= 4 is 0 Å². The maximum Gasteiger partial charge on any atom is 0.390 e. The minimum absolute atomic E-state index is 0.201. The number of hydrogen-bond acceptors (Lipinski definition) is 1. The molecule has 17 heavy (non-hydrogen) atoms. The van der Waals surface area contributed by atoms with Gasteiger partial charge in [-0.3, -0.25) is 0 Å². The Bertz CT molecular complexity index is 215. The summed E-state index contributed by atoms with van der Waals surface area (Å²) >= 11 is 0. The van der Waals surface area contributed by atoms with Crippen LogP contribution in [0.25, 0.3) is 0 Å². The molecule has 1 nitrogen and oxygen atoms in total. The summed E-state index contributed by atoms with van der Waals surface area (Å²) in [6, 6.07) is -0.377. The van der Waals surface area contributed by atoms with Gasteiger partial charge in [0.05, 0.1) is 6.42 Å². The number of rotatable bonds is 5. The van der Waals surface area contributed by atoms with Gasteiger partial charge in [-0.1, -0.05) is 26.7 Å². The van der Waals surface area contributed by atoms with E-state index in [2.05, 4.69) is 12.2 Å². The summed E-state index contributed by atoms with van der Waals surface area (Å²) < 4.78 is 37.6. The highest BCUT2D eigenvalue weighted by Gasteiger charge is 2.36. The molecule has 4 heteroatoms. The van der Waals surface area contributed by atoms with E-state index in [1.54, 1.807) is 0 Å². The van der Waals surface area contributed by atoms with Gasteiger partial charge in [0.25, 0.3) is 0 Å². The molecule has 0 heterocycles. The lowest BCUT2D eigenvalue weighted by Crippen LogP contribution is -2.41. The van der Waals surface area contributed by atoms with Crippen molar-refractivity contribution in [3.05, 3.63) is 0 Å². The van der Waals surface area contributed by atoms with Crippen LogP contribution in [-0.4, -0.2) is 18.8 Å². The van der Waals surface area contributed by atoms with Crippen molar-refractivity contribution in [2.75, 3.05) is 6.54 Å². The number of hydrogen-bond donors (Lipinski definition) is 1. The molecule has 3 unspecified atom stereocenters. The van der Waals surface area contributed by atoms with Crippen LogP contribution in [0.4, 0.5) is 13.2 Å². The zero-order valence-electron chi connectivity index (χ0n) is 10.8. The Kier molecular flexibility index (Phi) is 5.77. The van der Waals surface area contributed by atoms with Gasteiger partial charge in [0, 0.05) is 6.04 Å². The maximum atomic E-state index is 12.5. The minimum atomic E-state index is -4.05. The Labute approximate surface area is 102 Å². The van der Waals surface area contributed by atoms with Crippen LogP contribution in [0, 0.1) is 11.8 Å². The van der Waals surface area contributed by atoms with Crippen LogP contribution in [0.2, 0.25) is 0 Å². The van der Waals surface area contributed by atoms with E-state index in [-0.39, 0.29) is 12.0 Å². The number of nitrogens with one attached hydrogen (secondary N) is 1. The molecule has 1 aliphatic rings. The van der Waals surface area contributed by atoms with E-state index >= 15 is 0 Å². The van der Waals surface area contributed by atoms with Crippen LogP contribution < -0.4 is 5.32 Å². The van der Waals surface area contributed by atoms with Gasteiger partial charge in [0.2, 0.25) is 0 Å². The predicted octanol–water partition coefficient (Wildman–Crippen LogP) is 4.13. The van der Waals surface area contributed by atoms with Crippen LogP contribution in [0.5, 0.6) is 0 Å². The summed E-state index contributed by atoms with van der Waals surface area (Å²) in [6.07, 6.45) is 0.295. The fourth-order valence-corrected chi connectivity index (χ4v) is 2.83. The molecule has 1 rings (SSSR count). The smallest absolute Gasteiger partial charge is 0.313 e. The van der Waals surface area contributed by atoms with Gasteiger partial charge in [-0.25, -0.2) is 0 Å². The second-order valence-electron chi connectivity index (χ2n) is 5.41. The summed E-state index contributed by atoms with van der Waals surface area (Å²) in [6.45, 7) is 4.82. The van der Waals surface area contributed by atoms with Crippen LogP contribution in [0.3, 0.4) is 0 Å². The van der Waals surface area contributed by atoms with Crippen molar-refractivity contribution in [2.45, 2.75) is 64.6 Å². The predicted molar refractivity (Wildman–Crippen MR) is 63.9 cm³/mol. The van der Waals surface area contributed by atoms with Crippen LogP contribution in [0.1, 0.15) is 52.4 Å². The first-order chi connectivity index (χ1) is 7.92. The largest absolute Gasteiger partial charge is 0.390 e. The van der Waals surface area contributed by atoms with E-state index < -0.39 is 12.6 Å². The molecule has 0 aliphatic heterocycles. The lowest BCUT2D eigenvalue weighted by Gasteiger charge is -2.34. The highest BCUT2D eigenvalue weighted by Crippen LogP contribution is 2.34. The third-order valence-corrected chi connectivity index (χ3v) is 3.65. The Morgan fingerprint density at radius 2 is 2.00 bits per heavy atom. The maximum absolute atomic E-state index is 12.5. The van der Waals surface area contributed by atoms with Crippen LogP contribution in [0.15, 0.2) is 0 Å². The van der Waals surface area contributed by atoms with Crippen LogP contribution >= 0.6 is 0 Å². The summed E-state index contributed by atoms with van der Waals surface area (Å²) in [7, 11) is 0. The van der Waals surface area contributed by atoms with Crippen molar-refractivity contribution in [1.82, 2.24) is 5.32 Å². The monoisotopic (exact) mass is 251 g/mol. The molecule has 3 atom stereocenters. The van der Waals surface area contributed by atoms with E-state index in [4.69, 9.17) is 0 Å². The Hall–Kier alpha value is -0.250. The summed E-state index contributed by atoms with van der Waals surface area (Å²) in [5, 5.41) is 3.10. The van der Waals surface area contributed by atoms with E-state index in [0.717, 1.165) is 25.7 Å².